The molecular formula is C18H17ClN2O2S. The zero-order chi connectivity index (χ0) is 16.2. The molecule has 0 spiro atoms. The predicted octanol–water partition coefficient (Wildman–Crippen LogP) is 5.01. The lowest BCUT2D eigenvalue weighted by Crippen LogP contribution is -1.84. The van der Waals surface area contributed by atoms with Crippen molar-refractivity contribution in [2.45, 2.75) is 6.92 Å². The van der Waals surface area contributed by atoms with Gasteiger partial charge in [0.1, 0.15) is 11.5 Å². The van der Waals surface area contributed by atoms with Crippen molar-refractivity contribution < 1.29 is 9.84 Å². The molecule has 0 aliphatic rings. The van der Waals surface area contributed by atoms with E-state index in [1.54, 1.807) is 25.5 Å². The smallest absolute Gasteiger partial charge is 0.209 e. The van der Waals surface area contributed by atoms with Crippen LogP contribution in [-0.4, -0.2) is 23.4 Å². The molecule has 0 saturated carbocycles. The average molecular weight is 361 g/mol. The molecule has 3 rings (SSSR count). The van der Waals surface area contributed by atoms with Gasteiger partial charge < -0.3 is 9.84 Å². The SMILES string of the molecule is COc1ccc(-c2nc(/N=C/c3ccccc3O)sc2C)cc1.Cl. The molecule has 3 aromatic rings. The third kappa shape index (κ3) is 3.93. The Kier molecular flexibility index (Phi) is 5.95. The van der Waals surface area contributed by atoms with Gasteiger partial charge in [0.2, 0.25) is 5.13 Å². The summed E-state index contributed by atoms with van der Waals surface area (Å²) >= 11 is 1.52. The van der Waals surface area contributed by atoms with E-state index in [0.717, 1.165) is 21.9 Å². The number of phenols is 1. The molecule has 124 valence electrons. The van der Waals surface area contributed by atoms with Gasteiger partial charge in [0.05, 0.1) is 12.8 Å². The summed E-state index contributed by atoms with van der Waals surface area (Å²) < 4.78 is 5.17. The molecule has 0 fully saturated rings. The van der Waals surface area contributed by atoms with Gasteiger partial charge in [-0.3, -0.25) is 0 Å². The number of aryl methyl sites for hydroxylation is 1. The van der Waals surface area contributed by atoms with E-state index in [1.165, 1.54) is 11.3 Å². The van der Waals surface area contributed by atoms with Gasteiger partial charge in [0.15, 0.2) is 0 Å². The molecule has 0 aliphatic carbocycles. The van der Waals surface area contributed by atoms with Crippen LogP contribution in [0.3, 0.4) is 0 Å². The van der Waals surface area contributed by atoms with Gasteiger partial charge in [-0.15, -0.1) is 12.4 Å². The summed E-state index contributed by atoms with van der Waals surface area (Å²) in [7, 11) is 1.65. The quantitative estimate of drug-likeness (QED) is 0.666. The summed E-state index contributed by atoms with van der Waals surface area (Å²) in [5, 5.41) is 10.4. The monoisotopic (exact) mass is 360 g/mol. The molecular weight excluding hydrogens is 344 g/mol. The Bertz CT molecular complexity index is 844. The largest absolute Gasteiger partial charge is 0.507 e. The van der Waals surface area contributed by atoms with Gasteiger partial charge in [0.25, 0.3) is 0 Å². The summed E-state index contributed by atoms with van der Waals surface area (Å²) in [6.45, 7) is 2.02. The van der Waals surface area contributed by atoms with Crippen LogP contribution in [0, 0.1) is 6.92 Å². The van der Waals surface area contributed by atoms with Crippen molar-refractivity contribution >= 4 is 35.1 Å². The highest BCUT2D eigenvalue weighted by atomic mass is 35.5. The molecule has 24 heavy (non-hydrogen) atoms. The van der Waals surface area contributed by atoms with Crippen molar-refractivity contribution in [3.05, 3.63) is 59.0 Å². The van der Waals surface area contributed by atoms with Crippen molar-refractivity contribution in [1.29, 1.82) is 0 Å². The minimum atomic E-state index is 0. The zero-order valence-electron chi connectivity index (χ0n) is 13.3. The van der Waals surface area contributed by atoms with Gasteiger partial charge in [-0.1, -0.05) is 23.5 Å². The van der Waals surface area contributed by atoms with Crippen molar-refractivity contribution in [3.63, 3.8) is 0 Å². The molecule has 2 aromatic carbocycles. The van der Waals surface area contributed by atoms with Gasteiger partial charge in [-0.05, 0) is 43.3 Å². The van der Waals surface area contributed by atoms with Crippen LogP contribution in [0.2, 0.25) is 0 Å². The minimum Gasteiger partial charge on any atom is -0.507 e. The van der Waals surface area contributed by atoms with Crippen LogP contribution < -0.4 is 4.74 Å². The summed E-state index contributed by atoms with van der Waals surface area (Å²) in [6, 6.07) is 14.9. The van der Waals surface area contributed by atoms with Crippen LogP contribution in [0.15, 0.2) is 53.5 Å². The van der Waals surface area contributed by atoms with Crippen molar-refractivity contribution in [2.24, 2.45) is 4.99 Å². The fraction of sp³-hybridized carbons (Fsp3) is 0.111. The van der Waals surface area contributed by atoms with Crippen LogP contribution in [0.1, 0.15) is 10.4 Å². The molecule has 0 atom stereocenters. The lowest BCUT2D eigenvalue weighted by Gasteiger charge is -2.01. The van der Waals surface area contributed by atoms with E-state index in [2.05, 4.69) is 9.98 Å². The lowest BCUT2D eigenvalue weighted by molar-refractivity contribution is 0.415. The van der Waals surface area contributed by atoms with Gasteiger partial charge in [0, 0.05) is 22.2 Å². The maximum absolute atomic E-state index is 9.76. The molecule has 6 heteroatoms. The number of phenolic OH excluding ortho intramolecular Hbond substituents is 1. The van der Waals surface area contributed by atoms with Crippen LogP contribution in [0.5, 0.6) is 11.5 Å². The summed E-state index contributed by atoms with van der Waals surface area (Å²) in [4.78, 5) is 10.1. The molecule has 0 aliphatic heterocycles. The number of benzene rings is 2. The van der Waals surface area contributed by atoms with E-state index in [-0.39, 0.29) is 18.2 Å². The highest BCUT2D eigenvalue weighted by Crippen LogP contribution is 2.32. The predicted molar refractivity (Wildman–Crippen MR) is 101 cm³/mol. The number of aliphatic imine (C=N–C) groups is 1. The van der Waals surface area contributed by atoms with Gasteiger partial charge >= 0.3 is 0 Å². The Balaban J connectivity index is 0.00000208. The average Bonchev–Trinajstić information content (AvgIpc) is 2.95. The molecule has 0 unspecified atom stereocenters. The number of aromatic nitrogens is 1. The highest BCUT2D eigenvalue weighted by Gasteiger charge is 2.09. The second-order valence-electron chi connectivity index (χ2n) is 4.95. The molecule has 0 radical (unpaired) electrons. The number of rotatable bonds is 4. The second-order valence-corrected chi connectivity index (χ2v) is 6.13. The number of halogens is 1. The molecule has 1 aromatic heterocycles. The number of ether oxygens (including phenoxy) is 1. The number of thiazole rings is 1. The number of para-hydroxylation sites is 1. The van der Waals surface area contributed by atoms with E-state index in [0.29, 0.717) is 10.7 Å². The summed E-state index contributed by atoms with van der Waals surface area (Å²) in [6.07, 6.45) is 1.63. The third-order valence-electron chi connectivity index (χ3n) is 3.40. The minimum absolute atomic E-state index is 0. The second kappa shape index (κ2) is 7.95. The first-order valence-corrected chi connectivity index (χ1v) is 7.93. The first-order chi connectivity index (χ1) is 11.2. The first kappa shape index (κ1) is 18.0. The molecule has 0 saturated heterocycles. The van der Waals surface area contributed by atoms with Crippen molar-refractivity contribution in [3.8, 4) is 22.8 Å². The number of nitrogens with zero attached hydrogens (tertiary/aromatic N) is 2. The van der Waals surface area contributed by atoms with E-state index in [9.17, 15) is 5.11 Å². The van der Waals surface area contributed by atoms with E-state index < -0.39 is 0 Å². The third-order valence-corrected chi connectivity index (χ3v) is 4.28. The zero-order valence-corrected chi connectivity index (χ0v) is 14.9. The Hall–Kier alpha value is -2.37. The lowest BCUT2D eigenvalue weighted by atomic mass is 10.1. The summed E-state index contributed by atoms with van der Waals surface area (Å²) in [5.41, 5.74) is 2.62. The maximum atomic E-state index is 9.76. The molecule has 1 N–H and O–H groups in total. The van der Waals surface area contributed by atoms with Crippen LogP contribution in [-0.2, 0) is 0 Å². The van der Waals surface area contributed by atoms with Crippen molar-refractivity contribution in [1.82, 2.24) is 4.98 Å². The Morgan fingerprint density at radius 3 is 2.50 bits per heavy atom. The molecule has 0 bridgehead atoms. The van der Waals surface area contributed by atoms with E-state index in [1.807, 2.05) is 43.3 Å². The number of methoxy groups -OCH3 is 1. The molecule has 1 heterocycles. The van der Waals surface area contributed by atoms with Gasteiger partial charge in [-0.25, -0.2) is 9.98 Å². The van der Waals surface area contributed by atoms with Crippen LogP contribution in [0.25, 0.3) is 11.3 Å². The topological polar surface area (TPSA) is 54.7 Å². The fourth-order valence-electron chi connectivity index (χ4n) is 2.18. The summed E-state index contributed by atoms with van der Waals surface area (Å²) in [5.74, 6) is 1.03. The Labute approximate surface area is 150 Å². The maximum Gasteiger partial charge on any atom is 0.209 e. The molecule has 0 amide bonds. The standard InChI is InChI=1S/C18H16N2O2S.ClH/c1-12-17(13-7-9-15(22-2)10-8-13)20-18(23-12)19-11-14-5-3-4-6-16(14)21;/h3-11,21H,1-2H3;1H/b19-11+;. The number of hydrogen-bond acceptors (Lipinski definition) is 5. The van der Waals surface area contributed by atoms with Crippen LogP contribution >= 0.6 is 23.7 Å². The number of aromatic hydroxyl groups is 1. The van der Waals surface area contributed by atoms with Crippen LogP contribution in [0.4, 0.5) is 5.13 Å². The fourth-order valence-corrected chi connectivity index (χ4v) is 2.95. The van der Waals surface area contributed by atoms with E-state index in [4.69, 9.17) is 4.74 Å². The van der Waals surface area contributed by atoms with Gasteiger partial charge in [-0.2, -0.15) is 0 Å². The Morgan fingerprint density at radius 2 is 1.83 bits per heavy atom. The highest BCUT2D eigenvalue weighted by molar-refractivity contribution is 7.15. The number of hydrogen-bond donors (Lipinski definition) is 1. The molecule has 4 nitrogen and oxygen atoms in total. The van der Waals surface area contributed by atoms with E-state index >= 15 is 0 Å². The Morgan fingerprint density at radius 1 is 1.12 bits per heavy atom. The first-order valence-electron chi connectivity index (χ1n) is 7.11. The normalized spacial score (nSPS) is 10.6. The van der Waals surface area contributed by atoms with Crippen molar-refractivity contribution in [2.75, 3.05) is 7.11 Å².